The summed E-state index contributed by atoms with van der Waals surface area (Å²) in [5, 5.41) is 12.1. The van der Waals surface area contributed by atoms with Gasteiger partial charge < -0.3 is 15.2 Å². The molecule has 1 saturated carbocycles. The molecule has 0 radical (unpaired) electrons. The molecule has 1 aliphatic heterocycles. The fraction of sp³-hybridized carbons (Fsp3) is 0.857. The summed E-state index contributed by atoms with van der Waals surface area (Å²) in [4.78, 5) is 23.3. The first kappa shape index (κ1) is 14.3. The number of rotatable bonds is 3. The van der Waals surface area contributed by atoms with Crippen LogP contribution in [0.3, 0.4) is 0 Å². The molecule has 2 aliphatic rings. The smallest absolute Gasteiger partial charge is 0.307 e. The maximum Gasteiger partial charge on any atom is 0.307 e. The zero-order chi connectivity index (χ0) is 14.4. The Morgan fingerprint density at radius 3 is 2.32 bits per heavy atom. The van der Waals surface area contributed by atoms with E-state index >= 15 is 0 Å². The summed E-state index contributed by atoms with van der Waals surface area (Å²) >= 11 is 0. The molecule has 5 heteroatoms. The molecule has 3 atom stereocenters. The van der Waals surface area contributed by atoms with Crippen molar-refractivity contribution in [2.45, 2.75) is 52.2 Å². The predicted molar refractivity (Wildman–Crippen MR) is 69.6 cm³/mol. The van der Waals surface area contributed by atoms with Crippen molar-refractivity contribution in [3.63, 3.8) is 0 Å². The second-order valence-corrected chi connectivity index (χ2v) is 6.92. The Morgan fingerprint density at radius 2 is 1.84 bits per heavy atom. The summed E-state index contributed by atoms with van der Waals surface area (Å²) in [6.45, 7) is 8.32. The van der Waals surface area contributed by atoms with Crippen molar-refractivity contribution < 1.29 is 19.4 Å². The molecule has 0 aromatic carbocycles. The van der Waals surface area contributed by atoms with Crippen LogP contribution in [0.4, 0.5) is 0 Å². The largest absolute Gasteiger partial charge is 0.481 e. The molecule has 1 saturated heterocycles. The third kappa shape index (κ3) is 2.76. The van der Waals surface area contributed by atoms with E-state index in [-0.39, 0.29) is 17.6 Å². The molecule has 108 valence electrons. The predicted octanol–water partition coefficient (Wildman–Crippen LogP) is 1.42. The number of carboxylic acids is 1. The number of carboxylic acid groups (broad SMARTS) is 1. The molecule has 0 aromatic heterocycles. The molecule has 0 aromatic rings. The number of carbonyl (C=O) groups is 2. The first-order chi connectivity index (χ1) is 8.65. The van der Waals surface area contributed by atoms with Gasteiger partial charge in [0.05, 0.1) is 17.4 Å². The van der Waals surface area contributed by atoms with Crippen LogP contribution in [0.25, 0.3) is 0 Å². The fourth-order valence-corrected chi connectivity index (χ4v) is 3.23. The first-order valence-electron chi connectivity index (χ1n) is 6.82. The lowest BCUT2D eigenvalue weighted by Gasteiger charge is -2.35. The molecule has 19 heavy (non-hydrogen) atoms. The summed E-state index contributed by atoms with van der Waals surface area (Å²) in [5.74, 6) is -1.96. The van der Waals surface area contributed by atoms with Gasteiger partial charge in [0.25, 0.3) is 0 Å². The minimum atomic E-state index is -0.877. The SMILES string of the molecule is CC1(C)CC(NC(=O)[C@H]2[C@@H](C(=O)O)C2(C)C)CCO1. The molecule has 1 amide bonds. The minimum Gasteiger partial charge on any atom is -0.481 e. The van der Waals surface area contributed by atoms with Crippen LogP contribution in [0.15, 0.2) is 0 Å². The van der Waals surface area contributed by atoms with Gasteiger partial charge in [-0.15, -0.1) is 0 Å². The molecule has 0 bridgehead atoms. The normalized spacial score (nSPS) is 35.5. The number of amides is 1. The van der Waals surface area contributed by atoms with Crippen molar-refractivity contribution in [2.75, 3.05) is 6.61 Å². The number of carbonyl (C=O) groups excluding carboxylic acids is 1. The fourth-order valence-electron chi connectivity index (χ4n) is 3.23. The van der Waals surface area contributed by atoms with Crippen molar-refractivity contribution in [1.29, 1.82) is 0 Å². The van der Waals surface area contributed by atoms with Gasteiger partial charge in [-0.05, 0) is 32.1 Å². The number of hydrogen-bond donors (Lipinski definition) is 2. The standard InChI is InChI=1S/C14H23NO4/c1-13(2)7-8(5-6-19-13)15-11(16)9-10(12(17)18)14(9,3)4/h8-10H,5-7H2,1-4H3,(H,15,16)(H,17,18)/t8?,9-,10+/m1/s1. The highest BCUT2D eigenvalue weighted by molar-refractivity contribution is 5.91. The maximum atomic E-state index is 12.2. The van der Waals surface area contributed by atoms with Crippen LogP contribution < -0.4 is 5.32 Å². The summed E-state index contributed by atoms with van der Waals surface area (Å²) in [6.07, 6.45) is 1.56. The molecule has 1 aliphatic carbocycles. The third-order valence-corrected chi connectivity index (χ3v) is 4.42. The van der Waals surface area contributed by atoms with Crippen LogP contribution in [0, 0.1) is 17.3 Å². The van der Waals surface area contributed by atoms with E-state index in [1.54, 1.807) is 0 Å². The summed E-state index contributed by atoms with van der Waals surface area (Å²) in [6, 6.07) is 0.0853. The van der Waals surface area contributed by atoms with Gasteiger partial charge in [-0.3, -0.25) is 9.59 Å². The highest BCUT2D eigenvalue weighted by Crippen LogP contribution is 2.58. The Hall–Kier alpha value is -1.10. The van der Waals surface area contributed by atoms with E-state index in [0.29, 0.717) is 6.61 Å². The second-order valence-electron chi connectivity index (χ2n) is 6.92. The zero-order valence-electron chi connectivity index (χ0n) is 12.0. The number of ether oxygens (including phenoxy) is 1. The van der Waals surface area contributed by atoms with Crippen molar-refractivity contribution >= 4 is 11.9 Å². The van der Waals surface area contributed by atoms with Crippen LogP contribution >= 0.6 is 0 Å². The van der Waals surface area contributed by atoms with Gasteiger partial charge in [-0.25, -0.2) is 0 Å². The van der Waals surface area contributed by atoms with E-state index in [9.17, 15) is 9.59 Å². The van der Waals surface area contributed by atoms with Crippen LogP contribution in [0.1, 0.15) is 40.5 Å². The molecule has 0 spiro atoms. The molecular formula is C14H23NO4. The third-order valence-electron chi connectivity index (χ3n) is 4.42. The van der Waals surface area contributed by atoms with Crippen molar-refractivity contribution in [3.8, 4) is 0 Å². The van der Waals surface area contributed by atoms with Gasteiger partial charge in [-0.1, -0.05) is 13.8 Å². The summed E-state index contributed by atoms with van der Waals surface area (Å²) < 4.78 is 5.61. The van der Waals surface area contributed by atoms with Gasteiger partial charge in [0.15, 0.2) is 0 Å². The molecule has 1 heterocycles. The lowest BCUT2D eigenvalue weighted by atomic mass is 9.93. The van der Waals surface area contributed by atoms with Gasteiger partial charge >= 0.3 is 5.97 Å². The average molecular weight is 269 g/mol. The van der Waals surface area contributed by atoms with E-state index in [2.05, 4.69) is 5.32 Å². The molecule has 2 fully saturated rings. The minimum absolute atomic E-state index is 0.0853. The average Bonchev–Trinajstić information content (AvgIpc) is 2.80. The van der Waals surface area contributed by atoms with E-state index in [1.807, 2.05) is 27.7 Å². The number of nitrogens with one attached hydrogen (secondary N) is 1. The second kappa shape index (κ2) is 4.47. The summed E-state index contributed by atoms with van der Waals surface area (Å²) in [5.41, 5.74) is -0.655. The Labute approximate surface area is 113 Å². The molecule has 2 N–H and O–H groups in total. The van der Waals surface area contributed by atoms with Crippen LogP contribution in [-0.4, -0.2) is 35.2 Å². The Balaban J connectivity index is 1.94. The van der Waals surface area contributed by atoms with Gasteiger partial charge in [-0.2, -0.15) is 0 Å². The molecule has 1 unspecified atom stereocenters. The van der Waals surface area contributed by atoms with Crippen LogP contribution in [-0.2, 0) is 14.3 Å². The highest BCUT2D eigenvalue weighted by atomic mass is 16.5. The van der Waals surface area contributed by atoms with E-state index in [0.717, 1.165) is 12.8 Å². The molecule has 2 rings (SSSR count). The lowest BCUT2D eigenvalue weighted by molar-refractivity contribution is -0.140. The zero-order valence-corrected chi connectivity index (χ0v) is 12.0. The Bertz CT molecular complexity index is 402. The quantitative estimate of drug-likeness (QED) is 0.812. The highest BCUT2D eigenvalue weighted by Gasteiger charge is 2.66. The van der Waals surface area contributed by atoms with Crippen molar-refractivity contribution in [2.24, 2.45) is 17.3 Å². The monoisotopic (exact) mass is 269 g/mol. The maximum absolute atomic E-state index is 12.2. The van der Waals surface area contributed by atoms with Crippen molar-refractivity contribution in [1.82, 2.24) is 5.32 Å². The van der Waals surface area contributed by atoms with E-state index in [1.165, 1.54) is 0 Å². The molecular weight excluding hydrogens is 246 g/mol. The van der Waals surface area contributed by atoms with Gasteiger partial charge in [0.2, 0.25) is 5.91 Å². The van der Waals surface area contributed by atoms with E-state index in [4.69, 9.17) is 9.84 Å². The number of aliphatic carboxylic acids is 1. The van der Waals surface area contributed by atoms with Crippen LogP contribution in [0.5, 0.6) is 0 Å². The molecule has 5 nitrogen and oxygen atoms in total. The Kier molecular flexibility index (Phi) is 3.37. The summed E-state index contributed by atoms with van der Waals surface area (Å²) in [7, 11) is 0. The van der Waals surface area contributed by atoms with Gasteiger partial charge in [0, 0.05) is 12.6 Å². The Morgan fingerprint density at radius 1 is 1.21 bits per heavy atom. The van der Waals surface area contributed by atoms with Gasteiger partial charge in [0.1, 0.15) is 0 Å². The topological polar surface area (TPSA) is 75.6 Å². The first-order valence-corrected chi connectivity index (χ1v) is 6.82. The van der Waals surface area contributed by atoms with E-state index < -0.39 is 23.2 Å². The number of hydrogen-bond acceptors (Lipinski definition) is 3. The van der Waals surface area contributed by atoms with Crippen LogP contribution in [0.2, 0.25) is 0 Å². The lowest BCUT2D eigenvalue weighted by Crippen LogP contribution is -2.46. The van der Waals surface area contributed by atoms with Crippen molar-refractivity contribution in [3.05, 3.63) is 0 Å².